The Kier molecular flexibility index (Phi) is 7.18. The Labute approximate surface area is 123 Å². The Balaban J connectivity index is 2.79. The van der Waals surface area contributed by atoms with Crippen molar-refractivity contribution in [2.24, 2.45) is 0 Å². The smallest absolute Gasteiger partial charge is 0.342 e. The van der Waals surface area contributed by atoms with E-state index in [1.54, 1.807) is 6.92 Å². The zero-order chi connectivity index (χ0) is 15.0. The maximum Gasteiger partial charge on any atom is 0.342 e. The van der Waals surface area contributed by atoms with E-state index in [2.05, 4.69) is 0 Å². The van der Waals surface area contributed by atoms with Gasteiger partial charge in [0.25, 0.3) is 0 Å². The van der Waals surface area contributed by atoms with Crippen molar-refractivity contribution in [3.8, 4) is 5.75 Å². The van der Waals surface area contributed by atoms with E-state index >= 15 is 0 Å². The molecule has 1 rings (SSSR count). The Hall–Kier alpha value is -1.46. The number of esters is 1. The number of hydrogen-bond donors (Lipinski definition) is 1. The first-order valence-electron chi connectivity index (χ1n) is 6.56. The number of hydrogen-bond acceptors (Lipinski definition) is 5. The highest BCUT2D eigenvalue weighted by Crippen LogP contribution is 2.32. The lowest BCUT2D eigenvalue weighted by molar-refractivity contribution is 0.0517. The summed E-state index contributed by atoms with van der Waals surface area (Å²) in [6, 6.07) is 3.03. The first-order valence-corrected chi connectivity index (χ1v) is 6.94. The highest BCUT2D eigenvalue weighted by atomic mass is 35.5. The second-order valence-electron chi connectivity index (χ2n) is 4.06. The van der Waals surface area contributed by atoms with Crippen LogP contribution in [0.4, 0.5) is 5.69 Å². The summed E-state index contributed by atoms with van der Waals surface area (Å²) in [6.07, 6.45) is 0.941. The molecule has 6 heteroatoms. The average Bonchev–Trinajstić information content (AvgIpc) is 2.40. The van der Waals surface area contributed by atoms with Gasteiger partial charge >= 0.3 is 5.97 Å². The van der Waals surface area contributed by atoms with Gasteiger partial charge < -0.3 is 19.9 Å². The fourth-order valence-electron chi connectivity index (χ4n) is 1.57. The third-order valence-electron chi connectivity index (χ3n) is 2.38. The number of halogens is 1. The molecule has 0 unspecified atom stereocenters. The number of benzene rings is 1. The normalized spacial score (nSPS) is 10.3. The van der Waals surface area contributed by atoms with Crippen LogP contribution in [0.1, 0.15) is 30.6 Å². The highest BCUT2D eigenvalue weighted by Gasteiger charge is 2.18. The summed E-state index contributed by atoms with van der Waals surface area (Å²) in [5, 5.41) is 0.281. The van der Waals surface area contributed by atoms with Gasteiger partial charge in [-0.05, 0) is 25.5 Å². The van der Waals surface area contributed by atoms with Crippen LogP contribution in [-0.2, 0) is 9.47 Å². The van der Waals surface area contributed by atoms with Gasteiger partial charge in [-0.25, -0.2) is 4.79 Å². The molecule has 0 heterocycles. The van der Waals surface area contributed by atoms with E-state index in [1.807, 2.05) is 6.92 Å². The Morgan fingerprint density at radius 3 is 2.65 bits per heavy atom. The molecule has 0 fully saturated rings. The van der Waals surface area contributed by atoms with Crippen molar-refractivity contribution < 1.29 is 19.0 Å². The standard InChI is InChI=1S/C14H20ClNO4/c1-3-5-18-6-7-20-13-11(14(17)19-4-2)8-10(16)9-12(13)15/h8-9H,3-7,16H2,1-2H3. The minimum Gasteiger partial charge on any atom is -0.489 e. The fourth-order valence-corrected chi connectivity index (χ4v) is 1.85. The van der Waals surface area contributed by atoms with E-state index in [9.17, 15) is 4.79 Å². The van der Waals surface area contributed by atoms with Crippen molar-refractivity contribution in [2.45, 2.75) is 20.3 Å². The minimum atomic E-state index is -0.508. The first-order chi connectivity index (χ1) is 9.60. The van der Waals surface area contributed by atoms with Gasteiger partial charge in [-0.3, -0.25) is 0 Å². The Morgan fingerprint density at radius 1 is 1.25 bits per heavy atom. The number of carbonyl (C=O) groups excluding carboxylic acids is 1. The molecule has 0 spiro atoms. The number of nitrogens with two attached hydrogens (primary N) is 1. The maximum absolute atomic E-state index is 11.9. The zero-order valence-electron chi connectivity index (χ0n) is 11.8. The molecular weight excluding hydrogens is 282 g/mol. The lowest BCUT2D eigenvalue weighted by atomic mass is 10.2. The van der Waals surface area contributed by atoms with Crippen LogP contribution in [0, 0.1) is 0 Å². The molecule has 0 aliphatic heterocycles. The lowest BCUT2D eigenvalue weighted by Crippen LogP contribution is -2.12. The number of ether oxygens (including phenoxy) is 3. The Bertz CT molecular complexity index is 451. The predicted molar refractivity (Wildman–Crippen MR) is 78.4 cm³/mol. The summed E-state index contributed by atoms with van der Waals surface area (Å²) >= 11 is 6.07. The quantitative estimate of drug-likeness (QED) is 0.454. The number of carbonyl (C=O) groups is 1. The monoisotopic (exact) mass is 301 g/mol. The van der Waals surface area contributed by atoms with Gasteiger partial charge in [-0.2, -0.15) is 0 Å². The van der Waals surface area contributed by atoms with Crippen molar-refractivity contribution in [3.63, 3.8) is 0 Å². The molecule has 2 N–H and O–H groups in total. The van der Waals surface area contributed by atoms with Gasteiger partial charge in [0.05, 0.1) is 18.2 Å². The van der Waals surface area contributed by atoms with Crippen LogP contribution in [-0.4, -0.2) is 32.4 Å². The molecule has 0 aliphatic carbocycles. The van der Waals surface area contributed by atoms with Crippen LogP contribution in [0.5, 0.6) is 5.75 Å². The topological polar surface area (TPSA) is 70.8 Å². The molecule has 0 radical (unpaired) electrons. The van der Waals surface area contributed by atoms with Gasteiger partial charge in [0.1, 0.15) is 12.2 Å². The SMILES string of the molecule is CCCOCCOc1c(Cl)cc(N)cc1C(=O)OCC. The van der Waals surface area contributed by atoms with Crippen LogP contribution in [0.25, 0.3) is 0 Å². The van der Waals surface area contributed by atoms with E-state index < -0.39 is 5.97 Å². The van der Waals surface area contributed by atoms with Crippen molar-refractivity contribution in [3.05, 3.63) is 22.7 Å². The summed E-state index contributed by atoms with van der Waals surface area (Å²) in [6.45, 7) is 5.42. The largest absolute Gasteiger partial charge is 0.489 e. The first kappa shape index (κ1) is 16.6. The molecule has 1 aromatic rings. The van der Waals surface area contributed by atoms with E-state index in [4.69, 9.17) is 31.5 Å². The second-order valence-corrected chi connectivity index (χ2v) is 4.47. The highest BCUT2D eigenvalue weighted by molar-refractivity contribution is 6.33. The summed E-state index contributed by atoms with van der Waals surface area (Å²) in [5.74, 6) is -0.231. The van der Waals surface area contributed by atoms with Crippen LogP contribution >= 0.6 is 11.6 Å². The third-order valence-corrected chi connectivity index (χ3v) is 2.66. The lowest BCUT2D eigenvalue weighted by Gasteiger charge is -2.13. The van der Waals surface area contributed by atoms with Crippen molar-refractivity contribution in [1.29, 1.82) is 0 Å². The number of anilines is 1. The zero-order valence-corrected chi connectivity index (χ0v) is 12.5. The molecule has 0 saturated heterocycles. The molecular formula is C14H20ClNO4. The van der Waals surface area contributed by atoms with E-state index in [1.165, 1.54) is 12.1 Å². The van der Waals surface area contributed by atoms with Crippen molar-refractivity contribution in [1.82, 2.24) is 0 Å². The fraction of sp³-hybridized carbons (Fsp3) is 0.500. The third kappa shape index (κ3) is 4.90. The Morgan fingerprint density at radius 2 is 2.00 bits per heavy atom. The molecule has 112 valence electrons. The summed E-state index contributed by atoms with van der Waals surface area (Å²) in [4.78, 5) is 11.9. The van der Waals surface area contributed by atoms with E-state index in [0.717, 1.165) is 6.42 Å². The van der Waals surface area contributed by atoms with Crippen LogP contribution in [0.3, 0.4) is 0 Å². The minimum absolute atomic E-state index is 0.229. The molecule has 0 saturated carbocycles. The molecule has 0 aliphatic rings. The van der Waals surface area contributed by atoms with Gasteiger partial charge in [0, 0.05) is 12.3 Å². The van der Waals surface area contributed by atoms with Crippen molar-refractivity contribution >= 4 is 23.3 Å². The summed E-state index contributed by atoms with van der Waals surface area (Å²) < 4.78 is 15.8. The second kappa shape index (κ2) is 8.66. The maximum atomic E-state index is 11.9. The van der Waals surface area contributed by atoms with Crippen LogP contribution in [0.2, 0.25) is 5.02 Å². The average molecular weight is 302 g/mol. The molecule has 0 bridgehead atoms. The van der Waals surface area contributed by atoms with Gasteiger partial charge in [-0.15, -0.1) is 0 Å². The number of nitrogen functional groups attached to an aromatic ring is 1. The molecule has 0 atom stereocenters. The van der Waals surface area contributed by atoms with Gasteiger partial charge in [-0.1, -0.05) is 18.5 Å². The van der Waals surface area contributed by atoms with Crippen LogP contribution in [0.15, 0.2) is 12.1 Å². The molecule has 5 nitrogen and oxygen atoms in total. The van der Waals surface area contributed by atoms with E-state index in [-0.39, 0.29) is 22.9 Å². The predicted octanol–water partition coefficient (Wildman–Crippen LogP) is 2.90. The van der Waals surface area contributed by atoms with E-state index in [0.29, 0.717) is 25.5 Å². The molecule has 20 heavy (non-hydrogen) atoms. The van der Waals surface area contributed by atoms with Crippen LogP contribution < -0.4 is 10.5 Å². The van der Waals surface area contributed by atoms with Gasteiger partial charge in [0.2, 0.25) is 0 Å². The number of rotatable bonds is 8. The van der Waals surface area contributed by atoms with Crippen molar-refractivity contribution in [2.75, 3.05) is 32.2 Å². The van der Waals surface area contributed by atoms with Gasteiger partial charge in [0.15, 0.2) is 5.75 Å². The summed E-state index contributed by atoms with van der Waals surface area (Å²) in [7, 11) is 0. The molecule has 1 aromatic carbocycles. The molecule has 0 aromatic heterocycles. The summed E-state index contributed by atoms with van der Waals surface area (Å²) in [5.41, 5.74) is 6.30. The molecule has 0 amide bonds.